The van der Waals surface area contributed by atoms with Crippen LogP contribution in [0.1, 0.15) is 28.9 Å². The molecule has 1 aliphatic rings. The summed E-state index contributed by atoms with van der Waals surface area (Å²) >= 11 is 0. The summed E-state index contributed by atoms with van der Waals surface area (Å²) in [6, 6.07) is 5.33. The number of hydrogen-bond acceptors (Lipinski definition) is 6. The fourth-order valence-corrected chi connectivity index (χ4v) is 3.85. The number of anilines is 1. The summed E-state index contributed by atoms with van der Waals surface area (Å²) in [6.45, 7) is 5.38. The molecule has 162 valence electrons. The van der Waals surface area contributed by atoms with E-state index in [0.29, 0.717) is 42.4 Å². The number of halogens is 2. The van der Waals surface area contributed by atoms with E-state index in [1.165, 1.54) is 12.1 Å². The first-order valence-corrected chi connectivity index (χ1v) is 10.3. The van der Waals surface area contributed by atoms with Gasteiger partial charge in [0.15, 0.2) is 5.78 Å². The number of benzene rings is 1. The lowest BCUT2D eigenvalue weighted by atomic mass is 10.1. The van der Waals surface area contributed by atoms with Gasteiger partial charge in [-0.1, -0.05) is 0 Å². The second kappa shape index (κ2) is 9.30. The second-order valence-electron chi connectivity index (χ2n) is 7.59. The molecular weight excluding hydrogens is 402 g/mol. The molecule has 3 aromatic rings. The summed E-state index contributed by atoms with van der Waals surface area (Å²) < 4.78 is 28.7. The van der Waals surface area contributed by atoms with Gasteiger partial charge >= 0.3 is 0 Å². The average Bonchev–Trinajstić information content (AvgIpc) is 2.98. The predicted octanol–water partition coefficient (Wildman–Crippen LogP) is 3.03. The lowest BCUT2D eigenvalue weighted by Gasteiger charge is -2.23. The Morgan fingerprint density at radius 1 is 1.03 bits per heavy atom. The number of carbonyl (C=O) groups excluding carboxylic acids is 1. The van der Waals surface area contributed by atoms with E-state index in [2.05, 4.69) is 20.0 Å². The van der Waals surface area contributed by atoms with E-state index in [1.54, 1.807) is 29.3 Å². The van der Waals surface area contributed by atoms with E-state index in [-0.39, 0.29) is 5.78 Å². The highest BCUT2D eigenvalue weighted by molar-refractivity contribution is 5.97. The first-order chi connectivity index (χ1) is 15.0. The Kier molecular flexibility index (Phi) is 6.31. The van der Waals surface area contributed by atoms with Crippen LogP contribution in [0.15, 0.2) is 42.9 Å². The van der Waals surface area contributed by atoms with Crippen LogP contribution in [0.3, 0.4) is 0 Å². The predicted molar refractivity (Wildman–Crippen MR) is 112 cm³/mol. The van der Waals surface area contributed by atoms with Gasteiger partial charge in [-0.25, -0.2) is 23.4 Å². The topological polar surface area (TPSA) is 67.2 Å². The van der Waals surface area contributed by atoms with Gasteiger partial charge < -0.3 is 9.80 Å². The molecule has 3 heterocycles. The number of rotatable bonds is 6. The van der Waals surface area contributed by atoms with E-state index < -0.39 is 11.6 Å². The quantitative estimate of drug-likeness (QED) is 0.565. The third-order valence-electron chi connectivity index (χ3n) is 5.51. The van der Waals surface area contributed by atoms with Gasteiger partial charge in [-0.15, -0.1) is 0 Å². The lowest BCUT2D eigenvalue weighted by Crippen LogP contribution is -2.32. The lowest BCUT2D eigenvalue weighted by molar-refractivity contribution is 0.0965. The van der Waals surface area contributed by atoms with Gasteiger partial charge in [-0.05, 0) is 38.1 Å². The Labute approximate surface area is 179 Å². The normalized spacial score (nSPS) is 15.1. The van der Waals surface area contributed by atoms with Crippen molar-refractivity contribution in [3.63, 3.8) is 0 Å². The Bertz CT molecular complexity index is 1040. The fraction of sp³-hybridized carbons (Fsp3) is 0.364. The molecule has 0 saturated carbocycles. The average molecular weight is 426 g/mol. The van der Waals surface area contributed by atoms with Crippen LogP contribution < -0.4 is 4.90 Å². The SMILES string of the molecule is Cc1c(C(=O)CCN2CCCN(c3cc(F)cc(F)c3)CC2)cnn1-c1ncccn1. The molecule has 31 heavy (non-hydrogen) atoms. The van der Waals surface area contributed by atoms with Crippen molar-refractivity contribution >= 4 is 11.5 Å². The Morgan fingerprint density at radius 3 is 2.52 bits per heavy atom. The molecule has 2 aromatic heterocycles. The van der Waals surface area contributed by atoms with Crippen LogP contribution in [0.5, 0.6) is 0 Å². The molecule has 1 fully saturated rings. The molecule has 0 amide bonds. The van der Waals surface area contributed by atoms with E-state index in [4.69, 9.17) is 0 Å². The minimum absolute atomic E-state index is 0.0213. The monoisotopic (exact) mass is 426 g/mol. The van der Waals surface area contributed by atoms with Crippen LogP contribution in [0.25, 0.3) is 5.95 Å². The van der Waals surface area contributed by atoms with E-state index in [1.807, 2.05) is 11.8 Å². The van der Waals surface area contributed by atoms with Gasteiger partial charge in [-0.2, -0.15) is 5.10 Å². The molecule has 4 rings (SSSR count). The van der Waals surface area contributed by atoms with Crippen molar-refractivity contribution in [1.29, 1.82) is 0 Å². The zero-order chi connectivity index (χ0) is 21.8. The van der Waals surface area contributed by atoms with Crippen molar-refractivity contribution in [3.8, 4) is 5.95 Å². The summed E-state index contributed by atoms with van der Waals surface area (Å²) in [4.78, 5) is 25.3. The van der Waals surface area contributed by atoms with Gasteiger partial charge in [0, 0.05) is 56.7 Å². The van der Waals surface area contributed by atoms with Crippen molar-refractivity contribution in [1.82, 2.24) is 24.6 Å². The molecule has 0 atom stereocenters. The molecule has 0 unspecified atom stereocenters. The van der Waals surface area contributed by atoms with Gasteiger partial charge in [0.25, 0.3) is 5.95 Å². The van der Waals surface area contributed by atoms with Crippen molar-refractivity contribution in [2.24, 2.45) is 0 Å². The smallest absolute Gasteiger partial charge is 0.250 e. The minimum atomic E-state index is -0.571. The Hall–Kier alpha value is -3.20. The first-order valence-electron chi connectivity index (χ1n) is 10.3. The number of carbonyl (C=O) groups is 1. The molecule has 1 aromatic carbocycles. The molecule has 0 bridgehead atoms. The summed E-state index contributed by atoms with van der Waals surface area (Å²) in [6.07, 6.45) is 6.06. The molecule has 7 nitrogen and oxygen atoms in total. The molecule has 1 aliphatic heterocycles. The molecule has 0 spiro atoms. The highest BCUT2D eigenvalue weighted by Crippen LogP contribution is 2.20. The van der Waals surface area contributed by atoms with E-state index in [0.717, 1.165) is 32.1 Å². The Balaban J connectivity index is 1.34. The van der Waals surface area contributed by atoms with Crippen LogP contribution in [0, 0.1) is 18.6 Å². The van der Waals surface area contributed by atoms with Crippen molar-refractivity contribution < 1.29 is 13.6 Å². The number of Topliss-reactive ketones (excluding diaryl/α,β-unsaturated/α-hetero) is 1. The highest BCUT2D eigenvalue weighted by Gasteiger charge is 2.20. The van der Waals surface area contributed by atoms with Gasteiger partial charge in [0.05, 0.1) is 17.5 Å². The number of hydrogen-bond donors (Lipinski definition) is 0. The number of ketones is 1. The fourth-order valence-electron chi connectivity index (χ4n) is 3.85. The largest absolute Gasteiger partial charge is 0.370 e. The summed E-state index contributed by atoms with van der Waals surface area (Å²) in [5, 5.41) is 4.26. The van der Waals surface area contributed by atoms with E-state index >= 15 is 0 Å². The summed E-state index contributed by atoms with van der Waals surface area (Å²) in [7, 11) is 0. The molecule has 0 N–H and O–H groups in total. The van der Waals surface area contributed by atoms with Crippen LogP contribution in [0.4, 0.5) is 14.5 Å². The van der Waals surface area contributed by atoms with E-state index in [9.17, 15) is 13.6 Å². The van der Waals surface area contributed by atoms with Crippen molar-refractivity contribution in [2.45, 2.75) is 19.8 Å². The zero-order valence-electron chi connectivity index (χ0n) is 17.3. The summed E-state index contributed by atoms with van der Waals surface area (Å²) in [5.74, 6) is -0.689. The molecule has 0 aliphatic carbocycles. The molecule has 9 heteroatoms. The molecule has 1 saturated heterocycles. The van der Waals surface area contributed by atoms with Crippen LogP contribution in [-0.4, -0.2) is 63.2 Å². The second-order valence-corrected chi connectivity index (χ2v) is 7.59. The maximum absolute atomic E-state index is 13.5. The number of nitrogens with zero attached hydrogens (tertiary/aromatic N) is 6. The van der Waals surface area contributed by atoms with Crippen molar-refractivity contribution in [2.75, 3.05) is 37.6 Å². The van der Waals surface area contributed by atoms with Gasteiger partial charge in [0.2, 0.25) is 0 Å². The maximum Gasteiger partial charge on any atom is 0.250 e. The van der Waals surface area contributed by atoms with Gasteiger partial charge in [-0.3, -0.25) is 4.79 Å². The standard InChI is InChI=1S/C22H24F2N6O/c1-16-20(15-27-30(16)22-25-5-2-6-26-22)21(31)4-9-28-7-3-8-29(11-10-28)19-13-17(23)12-18(24)14-19/h2,5-6,12-15H,3-4,7-11H2,1H3. The molecular formula is C22H24F2N6O. The van der Waals surface area contributed by atoms with Gasteiger partial charge in [0.1, 0.15) is 11.6 Å². The third kappa shape index (κ3) is 4.93. The van der Waals surface area contributed by atoms with Crippen LogP contribution in [0.2, 0.25) is 0 Å². The number of aromatic nitrogens is 4. The minimum Gasteiger partial charge on any atom is -0.370 e. The third-order valence-corrected chi connectivity index (χ3v) is 5.51. The molecule has 0 radical (unpaired) electrons. The first kappa shape index (κ1) is 21.0. The highest BCUT2D eigenvalue weighted by atomic mass is 19.1. The van der Waals surface area contributed by atoms with Crippen LogP contribution in [-0.2, 0) is 0 Å². The zero-order valence-corrected chi connectivity index (χ0v) is 17.3. The van der Waals surface area contributed by atoms with Crippen LogP contribution >= 0.6 is 0 Å². The summed E-state index contributed by atoms with van der Waals surface area (Å²) in [5.41, 5.74) is 1.84. The van der Waals surface area contributed by atoms with Crippen molar-refractivity contribution in [3.05, 3.63) is 65.7 Å². The Morgan fingerprint density at radius 2 is 1.77 bits per heavy atom. The maximum atomic E-state index is 13.5.